The number of hydrogen-bond acceptors (Lipinski definition) is 5. The van der Waals surface area contributed by atoms with E-state index >= 15 is 0 Å². The highest BCUT2D eigenvalue weighted by atomic mass is 16.6. The van der Waals surface area contributed by atoms with Crippen LogP contribution in [0.25, 0.3) is 22.4 Å². The summed E-state index contributed by atoms with van der Waals surface area (Å²) in [5.74, 6) is 0.765. The Morgan fingerprint density at radius 2 is 1.79 bits per heavy atom. The summed E-state index contributed by atoms with van der Waals surface area (Å²) >= 11 is 0. The number of nitro groups is 1. The first-order valence-corrected chi connectivity index (χ1v) is 14.1. The smallest absolute Gasteiger partial charge is 0.410 e. The summed E-state index contributed by atoms with van der Waals surface area (Å²) in [5.41, 5.74) is 5.78. The van der Waals surface area contributed by atoms with Gasteiger partial charge in [0.2, 0.25) is 0 Å². The molecule has 0 spiro atoms. The lowest BCUT2D eigenvalue weighted by atomic mass is 9.71. The monoisotopic (exact) mass is 530 g/mol. The molecular weight excluding hydrogens is 492 g/mol. The largest absolute Gasteiger partial charge is 0.444 e. The quantitative estimate of drug-likeness (QED) is 0.247. The Bertz CT molecular complexity index is 1400. The fourth-order valence-corrected chi connectivity index (χ4v) is 6.52. The molecule has 1 aliphatic heterocycles. The SMILES string of the molecule is CCCC1(CCC)c2cc(-c3cnc(C4CCCN4C(=O)OC(C)(C)C)[nH]3)ccc2-c2ccc([N+](=O)[O-])cc21. The normalized spacial score (nSPS) is 17.7. The topological polar surface area (TPSA) is 101 Å². The highest BCUT2D eigenvalue weighted by Crippen LogP contribution is 2.55. The van der Waals surface area contributed by atoms with Gasteiger partial charge in [0.1, 0.15) is 11.4 Å². The molecule has 1 amide bonds. The molecule has 8 nitrogen and oxygen atoms in total. The van der Waals surface area contributed by atoms with Crippen molar-refractivity contribution in [3.05, 3.63) is 69.7 Å². The highest BCUT2D eigenvalue weighted by Gasteiger charge is 2.43. The standard InChI is InChI=1S/C31H38N4O4/c1-6-14-31(15-7-2)24-17-20(10-12-22(24)23-13-11-21(35(37)38)18-25(23)31)26-19-32-28(33-26)27-9-8-16-34(27)29(36)39-30(3,4)5/h10-13,17-19,27H,6-9,14-16H2,1-5H3,(H,32,33). The molecule has 39 heavy (non-hydrogen) atoms. The zero-order chi connectivity index (χ0) is 27.9. The van der Waals surface area contributed by atoms with E-state index in [1.807, 2.05) is 33.0 Å². The third-order valence-electron chi connectivity index (χ3n) is 8.01. The third-order valence-corrected chi connectivity index (χ3v) is 8.01. The fraction of sp³-hybridized carbons (Fsp3) is 0.484. The Morgan fingerprint density at radius 1 is 1.13 bits per heavy atom. The van der Waals surface area contributed by atoms with Crippen LogP contribution in [0.15, 0.2) is 42.6 Å². The van der Waals surface area contributed by atoms with Crippen LogP contribution in [0.3, 0.4) is 0 Å². The summed E-state index contributed by atoms with van der Waals surface area (Å²) in [6.07, 6.45) is 7.07. The van der Waals surface area contributed by atoms with Crippen molar-refractivity contribution in [1.82, 2.24) is 14.9 Å². The van der Waals surface area contributed by atoms with E-state index in [9.17, 15) is 14.9 Å². The number of ether oxygens (including phenoxy) is 1. The zero-order valence-electron chi connectivity index (χ0n) is 23.5. The summed E-state index contributed by atoms with van der Waals surface area (Å²) in [7, 11) is 0. The number of nitrogens with zero attached hydrogens (tertiary/aromatic N) is 3. The van der Waals surface area contributed by atoms with Crippen molar-refractivity contribution in [2.24, 2.45) is 0 Å². The van der Waals surface area contributed by atoms with Crippen LogP contribution < -0.4 is 0 Å². The van der Waals surface area contributed by atoms with E-state index in [1.54, 1.807) is 17.0 Å². The van der Waals surface area contributed by atoms with E-state index in [1.165, 1.54) is 5.56 Å². The zero-order valence-corrected chi connectivity index (χ0v) is 23.5. The van der Waals surface area contributed by atoms with Crippen molar-refractivity contribution in [3.8, 4) is 22.4 Å². The summed E-state index contributed by atoms with van der Waals surface area (Å²) in [4.78, 5) is 34.2. The van der Waals surface area contributed by atoms with Crippen LogP contribution in [0.1, 0.15) is 96.1 Å². The molecule has 1 aliphatic carbocycles. The van der Waals surface area contributed by atoms with Crippen molar-refractivity contribution >= 4 is 11.8 Å². The maximum Gasteiger partial charge on any atom is 0.410 e. The van der Waals surface area contributed by atoms with Crippen LogP contribution in [0, 0.1) is 10.1 Å². The van der Waals surface area contributed by atoms with Gasteiger partial charge in [-0.2, -0.15) is 0 Å². The number of benzene rings is 2. The average molecular weight is 531 g/mol. The molecule has 8 heteroatoms. The Morgan fingerprint density at radius 3 is 2.44 bits per heavy atom. The summed E-state index contributed by atoms with van der Waals surface area (Å²) in [5, 5.41) is 11.6. The molecule has 1 aromatic heterocycles. The van der Waals surface area contributed by atoms with Gasteiger partial charge in [0.05, 0.1) is 22.9 Å². The molecule has 1 unspecified atom stereocenters. The average Bonchev–Trinajstić information content (AvgIpc) is 3.61. The number of carbonyl (C=O) groups is 1. The third kappa shape index (κ3) is 4.81. The van der Waals surface area contributed by atoms with Crippen LogP contribution >= 0.6 is 0 Å². The minimum Gasteiger partial charge on any atom is -0.444 e. The number of nitro benzene ring substituents is 1. The van der Waals surface area contributed by atoms with E-state index in [4.69, 9.17) is 9.72 Å². The van der Waals surface area contributed by atoms with E-state index in [0.29, 0.717) is 6.54 Å². The molecule has 2 aromatic carbocycles. The molecule has 0 radical (unpaired) electrons. The van der Waals surface area contributed by atoms with Gasteiger partial charge in [0.15, 0.2) is 0 Å². The maximum absolute atomic E-state index is 12.8. The lowest BCUT2D eigenvalue weighted by molar-refractivity contribution is -0.384. The lowest BCUT2D eigenvalue weighted by Crippen LogP contribution is -2.36. The molecule has 5 rings (SSSR count). The van der Waals surface area contributed by atoms with Crippen LogP contribution in [-0.2, 0) is 10.2 Å². The molecule has 3 aromatic rings. The lowest BCUT2D eigenvalue weighted by Gasteiger charge is -2.32. The van der Waals surface area contributed by atoms with Gasteiger partial charge in [0, 0.05) is 24.1 Å². The molecule has 1 saturated heterocycles. The second kappa shape index (κ2) is 10.1. The molecule has 0 bridgehead atoms. The molecule has 0 saturated carbocycles. The number of nitrogens with one attached hydrogen (secondary N) is 1. The summed E-state index contributed by atoms with van der Waals surface area (Å²) in [6, 6.07) is 11.7. The number of H-pyrrole nitrogens is 1. The molecule has 1 atom stereocenters. The number of carbonyl (C=O) groups excluding carboxylic acids is 1. The molecular formula is C31H38N4O4. The van der Waals surface area contributed by atoms with Crippen LogP contribution in [0.4, 0.5) is 10.5 Å². The van der Waals surface area contributed by atoms with Gasteiger partial charge in [-0.05, 0) is 86.4 Å². The Kier molecular flexibility index (Phi) is 6.99. The van der Waals surface area contributed by atoms with Crippen molar-refractivity contribution < 1.29 is 14.5 Å². The predicted molar refractivity (Wildman–Crippen MR) is 152 cm³/mol. The number of hydrogen-bond donors (Lipinski definition) is 1. The molecule has 1 fully saturated rings. The maximum atomic E-state index is 12.8. The number of non-ortho nitro benzene ring substituents is 1. The van der Waals surface area contributed by atoms with Crippen LogP contribution in [0.2, 0.25) is 0 Å². The fourth-order valence-electron chi connectivity index (χ4n) is 6.52. The van der Waals surface area contributed by atoms with Crippen molar-refractivity contribution in [2.45, 2.75) is 90.2 Å². The van der Waals surface area contributed by atoms with E-state index in [0.717, 1.165) is 72.3 Å². The number of imidazole rings is 1. The van der Waals surface area contributed by atoms with Gasteiger partial charge in [-0.1, -0.05) is 38.8 Å². The van der Waals surface area contributed by atoms with Gasteiger partial charge in [-0.15, -0.1) is 0 Å². The first kappa shape index (κ1) is 26.9. The van der Waals surface area contributed by atoms with Gasteiger partial charge in [-0.3, -0.25) is 15.0 Å². The molecule has 206 valence electrons. The van der Waals surface area contributed by atoms with Crippen molar-refractivity contribution in [2.75, 3.05) is 6.54 Å². The Hall–Kier alpha value is -3.68. The number of likely N-dealkylation sites (tertiary alicyclic amines) is 1. The van der Waals surface area contributed by atoms with Gasteiger partial charge < -0.3 is 9.72 Å². The van der Waals surface area contributed by atoms with Gasteiger partial charge in [-0.25, -0.2) is 9.78 Å². The van der Waals surface area contributed by atoms with Crippen LogP contribution in [0.5, 0.6) is 0 Å². The first-order chi connectivity index (χ1) is 18.6. The number of rotatable bonds is 7. The molecule has 1 N–H and O–H groups in total. The van der Waals surface area contributed by atoms with Gasteiger partial charge in [0.25, 0.3) is 5.69 Å². The minimum absolute atomic E-state index is 0.141. The Labute approximate surface area is 229 Å². The molecule has 2 aliphatic rings. The van der Waals surface area contributed by atoms with Crippen LogP contribution in [-0.4, -0.2) is 38.0 Å². The number of aromatic nitrogens is 2. The minimum atomic E-state index is -0.551. The van der Waals surface area contributed by atoms with Gasteiger partial charge >= 0.3 is 6.09 Å². The second-order valence-electron chi connectivity index (χ2n) is 11.8. The number of amides is 1. The number of fused-ring (bicyclic) bond motifs is 3. The van der Waals surface area contributed by atoms with Crippen molar-refractivity contribution in [1.29, 1.82) is 0 Å². The molecule has 2 heterocycles. The summed E-state index contributed by atoms with van der Waals surface area (Å²) < 4.78 is 5.64. The van der Waals surface area contributed by atoms with Crippen molar-refractivity contribution in [3.63, 3.8) is 0 Å². The van der Waals surface area contributed by atoms with E-state index in [2.05, 4.69) is 37.0 Å². The predicted octanol–water partition coefficient (Wildman–Crippen LogP) is 7.92. The van der Waals surface area contributed by atoms with E-state index < -0.39 is 5.60 Å². The number of aromatic amines is 1. The highest BCUT2D eigenvalue weighted by molar-refractivity contribution is 5.84. The summed E-state index contributed by atoms with van der Waals surface area (Å²) in [6.45, 7) is 10.6. The Balaban J connectivity index is 1.52. The second-order valence-corrected chi connectivity index (χ2v) is 11.8. The van der Waals surface area contributed by atoms with E-state index in [-0.39, 0.29) is 28.2 Å². The first-order valence-electron chi connectivity index (χ1n) is 14.1.